The van der Waals surface area contributed by atoms with E-state index >= 15 is 0 Å². The molecule has 1 aromatic rings. The maximum Gasteiger partial charge on any atom is 0.174 e. The fourth-order valence-electron chi connectivity index (χ4n) is 1.11. The van der Waals surface area contributed by atoms with Gasteiger partial charge in [0.05, 0.1) is 12.2 Å². The van der Waals surface area contributed by atoms with Crippen LogP contribution in [0.15, 0.2) is 18.3 Å². The molecule has 0 fully saturated rings. The standard InChI is InChI=1S/C9H13NO3/c1-12-9(13-2)6-10-5-3-4-8(10)7-11/h3-5,7,9H,6H2,1-2H3. The fraction of sp³-hybridized carbons (Fsp3) is 0.444. The summed E-state index contributed by atoms with van der Waals surface area (Å²) in [5.74, 6) is 0. The van der Waals surface area contributed by atoms with E-state index in [1.807, 2.05) is 12.3 Å². The summed E-state index contributed by atoms with van der Waals surface area (Å²) in [4.78, 5) is 10.5. The lowest BCUT2D eigenvalue weighted by atomic mass is 10.4. The summed E-state index contributed by atoms with van der Waals surface area (Å²) in [6.07, 6.45) is 2.31. The van der Waals surface area contributed by atoms with Crippen molar-refractivity contribution in [3.63, 3.8) is 0 Å². The molecule has 4 nitrogen and oxygen atoms in total. The van der Waals surface area contributed by atoms with E-state index in [4.69, 9.17) is 9.47 Å². The van der Waals surface area contributed by atoms with Gasteiger partial charge in [0, 0.05) is 20.4 Å². The van der Waals surface area contributed by atoms with Crippen LogP contribution in [-0.4, -0.2) is 31.4 Å². The summed E-state index contributed by atoms with van der Waals surface area (Å²) in [6.45, 7) is 0.522. The highest BCUT2D eigenvalue weighted by atomic mass is 16.7. The van der Waals surface area contributed by atoms with E-state index in [2.05, 4.69) is 0 Å². The Morgan fingerprint density at radius 2 is 2.23 bits per heavy atom. The second kappa shape index (κ2) is 4.79. The first kappa shape index (κ1) is 9.95. The predicted molar refractivity (Wildman–Crippen MR) is 47.6 cm³/mol. The molecule has 0 aliphatic rings. The van der Waals surface area contributed by atoms with E-state index in [1.165, 1.54) is 0 Å². The fourth-order valence-corrected chi connectivity index (χ4v) is 1.11. The van der Waals surface area contributed by atoms with Crippen LogP contribution >= 0.6 is 0 Å². The van der Waals surface area contributed by atoms with Gasteiger partial charge < -0.3 is 14.0 Å². The number of ether oxygens (including phenoxy) is 2. The Kier molecular flexibility index (Phi) is 3.67. The third kappa shape index (κ3) is 2.40. The molecule has 0 unspecified atom stereocenters. The number of aldehydes is 1. The number of hydrogen-bond acceptors (Lipinski definition) is 3. The van der Waals surface area contributed by atoms with Crippen molar-refractivity contribution in [1.82, 2.24) is 4.57 Å². The van der Waals surface area contributed by atoms with Crippen LogP contribution in [0.2, 0.25) is 0 Å². The first-order chi connectivity index (χ1) is 6.31. The molecule has 0 aromatic carbocycles. The average molecular weight is 183 g/mol. The van der Waals surface area contributed by atoms with Crippen molar-refractivity contribution in [2.75, 3.05) is 14.2 Å². The lowest BCUT2D eigenvalue weighted by Gasteiger charge is -2.14. The van der Waals surface area contributed by atoms with Crippen molar-refractivity contribution in [3.8, 4) is 0 Å². The van der Waals surface area contributed by atoms with Gasteiger partial charge >= 0.3 is 0 Å². The Hall–Kier alpha value is -1.13. The summed E-state index contributed by atoms with van der Waals surface area (Å²) in [6, 6.07) is 3.56. The van der Waals surface area contributed by atoms with Crippen molar-refractivity contribution < 1.29 is 14.3 Å². The van der Waals surface area contributed by atoms with E-state index < -0.39 is 0 Å². The molecule has 0 aliphatic carbocycles. The topological polar surface area (TPSA) is 40.5 Å². The molecule has 1 rings (SSSR count). The zero-order valence-electron chi connectivity index (χ0n) is 7.77. The van der Waals surface area contributed by atoms with Crippen LogP contribution in [0, 0.1) is 0 Å². The lowest BCUT2D eigenvalue weighted by Crippen LogP contribution is -2.21. The zero-order valence-corrected chi connectivity index (χ0v) is 7.77. The molecular formula is C9H13NO3. The van der Waals surface area contributed by atoms with E-state index in [1.54, 1.807) is 24.9 Å². The summed E-state index contributed by atoms with van der Waals surface area (Å²) in [5.41, 5.74) is 0.624. The third-order valence-corrected chi connectivity index (χ3v) is 1.86. The first-order valence-corrected chi connectivity index (χ1v) is 3.97. The summed E-state index contributed by atoms with van der Waals surface area (Å²) in [7, 11) is 3.14. The van der Waals surface area contributed by atoms with Crippen LogP contribution < -0.4 is 0 Å². The molecule has 0 amide bonds. The van der Waals surface area contributed by atoms with Crippen molar-refractivity contribution in [2.45, 2.75) is 12.8 Å². The van der Waals surface area contributed by atoms with Crippen molar-refractivity contribution in [2.24, 2.45) is 0 Å². The summed E-state index contributed by atoms with van der Waals surface area (Å²) < 4.78 is 11.8. The van der Waals surface area contributed by atoms with E-state index in [-0.39, 0.29) is 6.29 Å². The predicted octanol–water partition coefficient (Wildman–Crippen LogP) is 0.919. The van der Waals surface area contributed by atoms with Crippen molar-refractivity contribution >= 4 is 6.29 Å². The monoisotopic (exact) mass is 183 g/mol. The van der Waals surface area contributed by atoms with Crippen LogP contribution in [0.3, 0.4) is 0 Å². The maximum atomic E-state index is 10.5. The van der Waals surface area contributed by atoms with Crippen LogP contribution in [0.1, 0.15) is 10.5 Å². The van der Waals surface area contributed by atoms with Gasteiger partial charge in [-0.15, -0.1) is 0 Å². The number of aromatic nitrogens is 1. The highest BCUT2D eigenvalue weighted by Crippen LogP contribution is 2.03. The van der Waals surface area contributed by atoms with Crippen LogP contribution in [-0.2, 0) is 16.0 Å². The van der Waals surface area contributed by atoms with Gasteiger partial charge in [-0.3, -0.25) is 4.79 Å². The van der Waals surface area contributed by atoms with Crippen LogP contribution in [0.25, 0.3) is 0 Å². The van der Waals surface area contributed by atoms with Gasteiger partial charge in [0.1, 0.15) is 0 Å². The molecule has 0 saturated heterocycles. The van der Waals surface area contributed by atoms with Gasteiger partial charge in [-0.2, -0.15) is 0 Å². The zero-order chi connectivity index (χ0) is 9.68. The van der Waals surface area contributed by atoms with Crippen LogP contribution in [0.4, 0.5) is 0 Å². The minimum absolute atomic E-state index is 0.314. The molecule has 0 bridgehead atoms. The highest BCUT2D eigenvalue weighted by molar-refractivity contribution is 5.72. The van der Waals surface area contributed by atoms with E-state index in [9.17, 15) is 4.79 Å². The maximum absolute atomic E-state index is 10.5. The van der Waals surface area contributed by atoms with Crippen molar-refractivity contribution in [3.05, 3.63) is 24.0 Å². The molecule has 72 valence electrons. The van der Waals surface area contributed by atoms with Gasteiger partial charge in [0.2, 0.25) is 0 Å². The molecule has 4 heteroatoms. The SMILES string of the molecule is COC(Cn1cccc1C=O)OC. The van der Waals surface area contributed by atoms with Gasteiger partial charge in [-0.05, 0) is 12.1 Å². The molecule has 13 heavy (non-hydrogen) atoms. The molecular weight excluding hydrogens is 170 g/mol. The molecule has 0 spiro atoms. The Morgan fingerprint density at radius 1 is 1.54 bits per heavy atom. The van der Waals surface area contributed by atoms with Gasteiger partial charge in [0.15, 0.2) is 12.6 Å². The molecule has 0 atom stereocenters. The number of rotatable bonds is 5. The van der Waals surface area contributed by atoms with E-state index in [0.717, 1.165) is 6.29 Å². The summed E-state index contributed by atoms with van der Waals surface area (Å²) >= 11 is 0. The number of methoxy groups -OCH3 is 2. The van der Waals surface area contributed by atoms with Gasteiger partial charge in [0.25, 0.3) is 0 Å². The molecule has 0 aliphatic heterocycles. The molecule has 0 N–H and O–H groups in total. The number of carbonyl (C=O) groups excluding carboxylic acids is 1. The van der Waals surface area contributed by atoms with Crippen LogP contribution in [0.5, 0.6) is 0 Å². The number of nitrogens with zero attached hydrogens (tertiary/aromatic N) is 1. The lowest BCUT2D eigenvalue weighted by molar-refractivity contribution is -0.110. The smallest absolute Gasteiger partial charge is 0.174 e. The van der Waals surface area contributed by atoms with E-state index in [0.29, 0.717) is 12.2 Å². The molecule has 1 aromatic heterocycles. The number of hydrogen-bond donors (Lipinski definition) is 0. The Bertz CT molecular complexity index is 266. The second-order valence-corrected chi connectivity index (χ2v) is 2.60. The minimum atomic E-state index is -0.314. The second-order valence-electron chi connectivity index (χ2n) is 2.60. The first-order valence-electron chi connectivity index (χ1n) is 3.97. The Morgan fingerprint density at radius 3 is 2.77 bits per heavy atom. The Labute approximate surface area is 77.1 Å². The normalized spacial score (nSPS) is 10.7. The van der Waals surface area contributed by atoms with Gasteiger partial charge in [-0.1, -0.05) is 0 Å². The quantitative estimate of drug-likeness (QED) is 0.503. The molecule has 0 saturated carbocycles. The average Bonchev–Trinajstić information content (AvgIpc) is 2.61. The number of carbonyl (C=O) groups is 1. The Balaban J connectivity index is 2.66. The van der Waals surface area contributed by atoms with Crippen molar-refractivity contribution in [1.29, 1.82) is 0 Å². The van der Waals surface area contributed by atoms with Gasteiger partial charge in [-0.25, -0.2) is 0 Å². The largest absolute Gasteiger partial charge is 0.354 e. The highest BCUT2D eigenvalue weighted by Gasteiger charge is 2.07. The minimum Gasteiger partial charge on any atom is -0.354 e. The molecule has 0 radical (unpaired) electrons. The summed E-state index contributed by atoms with van der Waals surface area (Å²) in [5, 5.41) is 0. The third-order valence-electron chi connectivity index (χ3n) is 1.86. The molecule has 1 heterocycles.